The molecule has 0 spiro atoms. The number of hydrogen-bond donors (Lipinski definition) is 2. The lowest BCUT2D eigenvalue weighted by atomic mass is 9.97. The van der Waals surface area contributed by atoms with Gasteiger partial charge in [0.05, 0.1) is 7.11 Å². The number of carbonyl (C=O) groups excluding carboxylic acids is 1. The number of methoxy groups -OCH3 is 1. The molecule has 1 aromatic rings. The number of benzene rings is 1. The second-order valence-corrected chi connectivity index (χ2v) is 8.26. The highest BCUT2D eigenvalue weighted by molar-refractivity contribution is 5.97. The molecule has 164 valence electrons. The van der Waals surface area contributed by atoms with Gasteiger partial charge in [0.25, 0.3) is 5.91 Å². The van der Waals surface area contributed by atoms with Crippen molar-refractivity contribution in [3.8, 4) is 11.8 Å². The van der Waals surface area contributed by atoms with Gasteiger partial charge in [-0.15, -0.1) is 0 Å². The molecule has 30 heavy (non-hydrogen) atoms. The minimum atomic E-state index is -0.274. The van der Waals surface area contributed by atoms with Crippen molar-refractivity contribution in [3.63, 3.8) is 0 Å². The van der Waals surface area contributed by atoms with Crippen molar-refractivity contribution in [1.29, 1.82) is 5.26 Å². The Hall–Kier alpha value is -2.48. The standard InChI is InChI=1S/C25H37N3O2/c1-20(21-14-16-24(30-2)17-15-21)27-19-22(18-26)25(29)28-23-12-10-8-6-4-3-5-7-9-11-13-23/h14-17,19-20,23,27H,3-13H2,1-2H3,(H,28,29)/b22-19-. The molecule has 0 radical (unpaired) electrons. The highest BCUT2D eigenvalue weighted by atomic mass is 16.5. The third-order valence-electron chi connectivity index (χ3n) is 5.90. The lowest BCUT2D eigenvalue weighted by molar-refractivity contribution is -0.117. The number of carbonyl (C=O) groups is 1. The summed E-state index contributed by atoms with van der Waals surface area (Å²) in [6, 6.07) is 9.94. The summed E-state index contributed by atoms with van der Waals surface area (Å²) in [7, 11) is 1.64. The summed E-state index contributed by atoms with van der Waals surface area (Å²) >= 11 is 0. The first kappa shape index (κ1) is 23.8. The molecule has 0 heterocycles. The first-order valence-electron chi connectivity index (χ1n) is 11.4. The molecule has 5 nitrogen and oxygen atoms in total. The number of nitrogens with one attached hydrogen (secondary N) is 2. The lowest BCUT2D eigenvalue weighted by Gasteiger charge is -2.19. The van der Waals surface area contributed by atoms with Crippen LogP contribution >= 0.6 is 0 Å². The van der Waals surface area contributed by atoms with Crippen molar-refractivity contribution in [1.82, 2.24) is 10.6 Å². The van der Waals surface area contributed by atoms with Gasteiger partial charge in [0.2, 0.25) is 0 Å². The van der Waals surface area contributed by atoms with Crippen LogP contribution in [0.15, 0.2) is 36.0 Å². The number of amides is 1. The number of nitriles is 1. The van der Waals surface area contributed by atoms with Crippen LogP contribution in [0.5, 0.6) is 5.75 Å². The zero-order chi connectivity index (χ0) is 21.6. The average Bonchev–Trinajstić information content (AvgIpc) is 2.76. The van der Waals surface area contributed by atoms with Crippen LogP contribution in [-0.2, 0) is 4.79 Å². The molecular formula is C25H37N3O2. The summed E-state index contributed by atoms with van der Waals surface area (Å²) < 4.78 is 5.18. The van der Waals surface area contributed by atoms with E-state index in [0.29, 0.717) is 0 Å². The van der Waals surface area contributed by atoms with Crippen molar-refractivity contribution < 1.29 is 9.53 Å². The SMILES string of the molecule is COc1ccc(C(C)N/C=C(/C#N)C(=O)NC2CCCCCCCCCCC2)cc1. The second-order valence-electron chi connectivity index (χ2n) is 8.26. The molecule has 1 saturated carbocycles. The Balaban J connectivity index is 1.91. The van der Waals surface area contributed by atoms with Gasteiger partial charge in [0.15, 0.2) is 0 Å². The molecule has 1 aromatic carbocycles. The van der Waals surface area contributed by atoms with Gasteiger partial charge >= 0.3 is 0 Å². The van der Waals surface area contributed by atoms with Crippen molar-refractivity contribution in [2.24, 2.45) is 0 Å². The predicted molar refractivity (Wildman–Crippen MR) is 121 cm³/mol. The number of ether oxygens (including phenoxy) is 1. The molecule has 1 fully saturated rings. The fourth-order valence-corrected chi connectivity index (χ4v) is 3.92. The van der Waals surface area contributed by atoms with E-state index in [4.69, 9.17) is 4.74 Å². The molecule has 0 bridgehead atoms. The van der Waals surface area contributed by atoms with Crippen molar-refractivity contribution in [3.05, 3.63) is 41.6 Å². The van der Waals surface area contributed by atoms with Gasteiger partial charge in [-0.2, -0.15) is 5.26 Å². The molecule has 2 rings (SSSR count). The van der Waals surface area contributed by atoms with Gasteiger partial charge in [0, 0.05) is 18.3 Å². The molecule has 0 aliphatic heterocycles. The summed E-state index contributed by atoms with van der Waals surface area (Å²) in [5.41, 5.74) is 1.19. The predicted octanol–water partition coefficient (Wildman–Crippen LogP) is 5.54. The van der Waals surface area contributed by atoms with E-state index in [1.807, 2.05) is 31.2 Å². The summed E-state index contributed by atoms with van der Waals surface area (Å²) in [5.74, 6) is 0.527. The maximum atomic E-state index is 12.7. The largest absolute Gasteiger partial charge is 0.497 e. The van der Waals surface area contributed by atoms with E-state index in [-0.39, 0.29) is 23.6 Å². The van der Waals surface area contributed by atoms with Crippen LogP contribution in [0.25, 0.3) is 0 Å². The van der Waals surface area contributed by atoms with Gasteiger partial charge in [-0.1, -0.05) is 69.9 Å². The molecule has 0 aromatic heterocycles. The molecule has 1 atom stereocenters. The minimum absolute atomic E-state index is 0.0200. The Kier molecular flexibility index (Phi) is 10.9. The number of nitrogens with zero attached hydrogens (tertiary/aromatic N) is 1. The van der Waals surface area contributed by atoms with Crippen LogP contribution in [0.2, 0.25) is 0 Å². The maximum absolute atomic E-state index is 12.7. The second kappa shape index (κ2) is 13.7. The first-order chi connectivity index (χ1) is 14.6. The zero-order valence-corrected chi connectivity index (χ0v) is 18.6. The van der Waals surface area contributed by atoms with Crippen LogP contribution in [0.4, 0.5) is 0 Å². The van der Waals surface area contributed by atoms with E-state index in [1.54, 1.807) is 13.3 Å². The fraction of sp³-hybridized carbons (Fsp3) is 0.600. The van der Waals surface area contributed by atoms with E-state index >= 15 is 0 Å². The summed E-state index contributed by atoms with van der Waals surface area (Å²) in [6.45, 7) is 2.00. The number of hydrogen-bond acceptors (Lipinski definition) is 4. The molecule has 0 saturated heterocycles. The first-order valence-corrected chi connectivity index (χ1v) is 11.4. The topological polar surface area (TPSA) is 74.1 Å². The Morgan fingerprint density at radius 2 is 1.57 bits per heavy atom. The van der Waals surface area contributed by atoms with E-state index < -0.39 is 0 Å². The molecule has 1 aliphatic carbocycles. The van der Waals surface area contributed by atoms with E-state index in [0.717, 1.165) is 37.0 Å². The van der Waals surface area contributed by atoms with E-state index in [2.05, 4.69) is 16.7 Å². The Morgan fingerprint density at radius 1 is 1.03 bits per heavy atom. The smallest absolute Gasteiger partial charge is 0.263 e. The highest BCUT2D eigenvalue weighted by Gasteiger charge is 2.16. The normalized spacial score (nSPS) is 18.2. The molecule has 2 N–H and O–H groups in total. The monoisotopic (exact) mass is 411 g/mol. The van der Waals surface area contributed by atoms with Crippen molar-refractivity contribution in [2.75, 3.05) is 7.11 Å². The molecule has 1 unspecified atom stereocenters. The summed E-state index contributed by atoms with van der Waals surface area (Å²) in [5, 5.41) is 15.8. The van der Waals surface area contributed by atoms with Crippen LogP contribution in [-0.4, -0.2) is 19.1 Å². The lowest BCUT2D eigenvalue weighted by Crippen LogP contribution is -2.36. The maximum Gasteiger partial charge on any atom is 0.263 e. The van der Waals surface area contributed by atoms with Gasteiger partial charge in [-0.3, -0.25) is 4.79 Å². The fourth-order valence-electron chi connectivity index (χ4n) is 3.92. The number of rotatable bonds is 6. The van der Waals surface area contributed by atoms with Gasteiger partial charge < -0.3 is 15.4 Å². The summed E-state index contributed by atoms with van der Waals surface area (Å²) in [4.78, 5) is 12.7. The van der Waals surface area contributed by atoms with Crippen LogP contribution < -0.4 is 15.4 Å². The van der Waals surface area contributed by atoms with Crippen LogP contribution in [0.1, 0.15) is 89.2 Å². The third-order valence-corrected chi connectivity index (χ3v) is 5.90. The Morgan fingerprint density at radius 3 is 2.07 bits per heavy atom. The van der Waals surface area contributed by atoms with Crippen molar-refractivity contribution >= 4 is 5.91 Å². The quantitative estimate of drug-likeness (QED) is 0.476. The summed E-state index contributed by atoms with van der Waals surface area (Å²) in [6.07, 6.45) is 14.9. The molecule has 1 amide bonds. The molecular weight excluding hydrogens is 374 g/mol. The zero-order valence-electron chi connectivity index (χ0n) is 18.6. The average molecular weight is 412 g/mol. The molecule has 5 heteroatoms. The van der Waals surface area contributed by atoms with Crippen LogP contribution in [0, 0.1) is 11.3 Å². The van der Waals surface area contributed by atoms with Gasteiger partial charge in [-0.05, 0) is 37.5 Å². The van der Waals surface area contributed by atoms with Gasteiger partial charge in [-0.25, -0.2) is 0 Å². The van der Waals surface area contributed by atoms with Gasteiger partial charge in [0.1, 0.15) is 17.4 Å². The minimum Gasteiger partial charge on any atom is -0.497 e. The highest BCUT2D eigenvalue weighted by Crippen LogP contribution is 2.19. The van der Waals surface area contributed by atoms with E-state index in [9.17, 15) is 10.1 Å². The van der Waals surface area contributed by atoms with Crippen LogP contribution in [0.3, 0.4) is 0 Å². The Labute approximate surface area is 181 Å². The Bertz CT molecular complexity index is 694. The van der Waals surface area contributed by atoms with Crippen molar-refractivity contribution in [2.45, 2.75) is 89.6 Å². The third kappa shape index (κ3) is 8.49. The molecule has 1 aliphatic rings. The van der Waals surface area contributed by atoms with E-state index in [1.165, 1.54) is 44.9 Å².